The van der Waals surface area contributed by atoms with Crippen LogP contribution in [0.3, 0.4) is 0 Å². The third-order valence-electron chi connectivity index (χ3n) is 3.25. The Kier molecular flexibility index (Phi) is 3.79. The van der Waals surface area contributed by atoms with Crippen molar-refractivity contribution in [2.75, 3.05) is 7.11 Å². The van der Waals surface area contributed by atoms with Crippen molar-refractivity contribution < 1.29 is 14.6 Å². The molecule has 0 spiro atoms. The highest BCUT2D eigenvalue weighted by molar-refractivity contribution is 5.82. The van der Waals surface area contributed by atoms with E-state index in [4.69, 9.17) is 9.84 Å². The van der Waals surface area contributed by atoms with Crippen molar-refractivity contribution in [1.29, 1.82) is 0 Å². The monoisotopic (exact) mass is 275 g/mol. The molecule has 0 unspecified atom stereocenters. The predicted molar refractivity (Wildman–Crippen MR) is 76.5 cm³/mol. The molecule has 0 radical (unpaired) electrons. The van der Waals surface area contributed by atoms with E-state index >= 15 is 0 Å². The molecule has 1 N–H and O–H groups in total. The standard InChI is InChI=1S/C15H17NO4/c1-9(2)12-6-10-4-5-11(20-3)7-13(10)16(15(12)19)8-14(17)18/h4-7,9H,8H2,1-3H3,(H,17,18). The Morgan fingerprint density at radius 2 is 2.05 bits per heavy atom. The smallest absolute Gasteiger partial charge is 0.323 e. The van der Waals surface area contributed by atoms with E-state index in [2.05, 4.69) is 0 Å². The van der Waals surface area contributed by atoms with E-state index in [-0.39, 0.29) is 18.0 Å². The van der Waals surface area contributed by atoms with Gasteiger partial charge in [0.15, 0.2) is 0 Å². The van der Waals surface area contributed by atoms with Crippen LogP contribution >= 0.6 is 0 Å². The minimum atomic E-state index is -1.04. The largest absolute Gasteiger partial charge is 0.497 e. The molecule has 2 rings (SSSR count). The number of pyridine rings is 1. The SMILES string of the molecule is COc1ccc2cc(C(C)C)c(=O)n(CC(=O)O)c2c1. The molecule has 0 saturated heterocycles. The number of carbonyl (C=O) groups is 1. The number of fused-ring (bicyclic) bond motifs is 1. The second-order valence-corrected chi connectivity index (χ2v) is 4.96. The van der Waals surface area contributed by atoms with Gasteiger partial charge in [-0.05, 0) is 29.5 Å². The number of nitrogens with zero attached hydrogens (tertiary/aromatic N) is 1. The first kappa shape index (κ1) is 14.1. The fraction of sp³-hybridized carbons (Fsp3) is 0.333. The van der Waals surface area contributed by atoms with Gasteiger partial charge in [-0.25, -0.2) is 0 Å². The molecule has 0 aliphatic carbocycles. The van der Waals surface area contributed by atoms with Crippen LogP contribution in [-0.4, -0.2) is 22.8 Å². The molecule has 20 heavy (non-hydrogen) atoms. The molecule has 5 nitrogen and oxygen atoms in total. The summed E-state index contributed by atoms with van der Waals surface area (Å²) in [7, 11) is 1.53. The van der Waals surface area contributed by atoms with Crippen LogP contribution in [0.15, 0.2) is 29.1 Å². The maximum Gasteiger partial charge on any atom is 0.323 e. The Bertz CT molecular complexity index is 716. The van der Waals surface area contributed by atoms with Gasteiger partial charge in [-0.3, -0.25) is 14.2 Å². The van der Waals surface area contributed by atoms with Crippen LogP contribution in [0.25, 0.3) is 10.9 Å². The van der Waals surface area contributed by atoms with Gasteiger partial charge >= 0.3 is 5.97 Å². The molecular formula is C15H17NO4. The molecule has 0 atom stereocenters. The Balaban J connectivity index is 2.82. The summed E-state index contributed by atoms with van der Waals surface area (Å²) < 4.78 is 6.42. The zero-order chi connectivity index (χ0) is 14.9. The zero-order valence-electron chi connectivity index (χ0n) is 11.7. The number of carboxylic acids is 1. The van der Waals surface area contributed by atoms with Crippen LogP contribution in [0.5, 0.6) is 5.75 Å². The lowest BCUT2D eigenvalue weighted by Crippen LogP contribution is -2.27. The van der Waals surface area contributed by atoms with E-state index in [1.165, 1.54) is 11.7 Å². The topological polar surface area (TPSA) is 68.5 Å². The molecular weight excluding hydrogens is 258 g/mol. The lowest BCUT2D eigenvalue weighted by molar-refractivity contribution is -0.137. The molecule has 1 heterocycles. The summed E-state index contributed by atoms with van der Waals surface area (Å²) in [5.74, 6) is -0.417. The molecule has 0 bridgehead atoms. The minimum Gasteiger partial charge on any atom is -0.497 e. The second-order valence-electron chi connectivity index (χ2n) is 4.96. The first-order valence-electron chi connectivity index (χ1n) is 6.37. The van der Waals surface area contributed by atoms with Crippen LogP contribution in [-0.2, 0) is 11.3 Å². The Hall–Kier alpha value is -2.30. The van der Waals surface area contributed by atoms with E-state index in [1.54, 1.807) is 12.1 Å². The van der Waals surface area contributed by atoms with E-state index in [0.29, 0.717) is 16.8 Å². The van der Waals surface area contributed by atoms with Gasteiger partial charge in [0.25, 0.3) is 5.56 Å². The molecule has 106 valence electrons. The average molecular weight is 275 g/mol. The van der Waals surface area contributed by atoms with Gasteiger partial charge in [-0.2, -0.15) is 0 Å². The van der Waals surface area contributed by atoms with Crippen LogP contribution in [0.1, 0.15) is 25.3 Å². The quantitative estimate of drug-likeness (QED) is 0.929. The number of benzene rings is 1. The molecule has 1 aromatic carbocycles. The number of ether oxygens (including phenoxy) is 1. The van der Waals surface area contributed by atoms with Crippen LogP contribution in [0, 0.1) is 0 Å². The number of hydrogen-bond acceptors (Lipinski definition) is 3. The molecule has 0 fully saturated rings. The van der Waals surface area contributed by atoms with Crippen molar-refractivity contribution in [3.63, 3.8) is 0 Å². The Morgan fingerprint density at radius 1 is 1.35 bits per heavy atom. The molecule has 5 heteroatoms. The van der Waals surface area contributed by atoms with E-state index in [0.717, 1.165) is 5.39 Å². The first-order valence-corrected chi connectivity index (χ1v) is 6.37. The van der Waals surface area contributed by atoms with Gasteiger partial charge in [-0.1, -0.05) is 13.8 Å². The number of aromatic nitrogens is 1. The van der Waals surface area contributed by atoms with Crippen LogP contribution in [0.4, 0.5) is 0 Å². The van der Waals surface area contributed by atoms with Crippen LogP contribution < -0.4 is 10.3 Å². The highest BCUT2D eigenvalue weighted by atomic mass is 16.5. The molecule has 1 aromatic heterocycles. The Morgan fingerprint density at radius 3 is 2.60 bits per heavy atom. The maximum absolute atomic E-state index is 12.4. The fourth-order valence-electron chi connectivity index (χ4n) is 2.21. The first-order chi connectivity index (χ1) is 9.43. The van der Waals surface area contributed by atoms with Crippen molar-refractivity contribution in [1.82, 2.24) is 4.57 Å². The van der Waals surface area contributed by atoms with Gasteiger partial charge in [0, 0.05) is 11.6 Å². The molecule has 0 aliphatic rings. The summed E-state index contributed by atoms with van der Waals surface area (Å²) in [4.78, 5) is 23.4. The lowest BCUT2D eigenvalue weighted by atomic mass is 10.0. The van der Waals surface area contributed by atoms with Gasteiger partial charge in [0.1, 0.15) is 12.3 Å². The minimum absolute atomic E-state index is 0.0362. The third-order valence-corrected chi connectivity index (χ3v) is 3.25. The summed E-state index contributed by atoms with van der Waals surface area (Å²) >= 11 is 0. The van der Waals surface area contributed by atoms with Gasteiger partial charge in [0.2, 0.25) is 0 Å². The van der Waals surface area contributed by atoms with Gasteiger partial charge in [0.05, 0.1) is 12.6 Å². The summed E-state index contributed by atoms with van der Waals surface area (Å²) in [5.41, 5.74) is 0.924. The lowest BCUT2D eigenvalue weighted by Gasteiger charge is -2.14. The summed E-state index contributed by atoms with van der Waals surface area (Å²) in [6.45, 7) is 3.47. The normalized spacial score (nSPS) is 11.0. The average Bonchev–Trinajstić information content (AvgIpc) is 2.40. The Labute approximate surface area is 116 Å². The summed E-state index contributed by atoms with van der Waals surface area (Å²) in [6, 6.07) is 7.13. The summed E-state index contributed by atoms with van der Waals surface area (Å²) in [5, 5.41) is 9.84. The zero-order valence-corrected chi connectivity index (χ0v) is 11.7. The van der Waals surface area contributed by atoms with Gasteiger partial charge < -0.3 is 9.84 Å². The number of rotatable bonds is 4. The predicted octanol–water partition coefficient (Wildman–Crippen LogP) is 2.22. The van der Waals surface area contributed by atoms with Crippen molar-refractivity contribution in [2.45, 2.75) is 26.3 Å². The number of carboxylic acid groups (broad SMARTS) is 1. The van der Waals surface area contributed by atoms with Crippen molar-refractivity contribution in [3.05, 3.63) is 40.2 Å². The molecule has 0 saturated carbocycles. The number of aliphatic carboxylic acids is 1. The third kappa shape index (κ3) is 2.52. The maximum atomic E-state index is 12.4. The van der Waals surface area contributed by atoms with Gasteiger partial charge in [-0.15, -0.1) is 0 Å². The highest BCUT2D eigenvalue weighted by Gasteiger charge is 2.14. The van der Waals surface area contributed by atoms with E-state index in [9.17, 15) is 9.59 Å². The summed E-state index contributed by atoms with van der Waals surface area (Å²) in [6.07, 6.45) is 0. The van der Waals surface area contributed by atoms with Crippen molar-refractivity contribution in [3.8, 4) is 5.75 Å². The molecule has 2 aromatic rings. The number of methoxy groups -OCH3 is 1. The van der Waals surface area contributed by atoms with E-state index in [1.807, 2.05) is 26.0 Å². The fourth-order valence-corrected chi connectivity index (χ4v) is 2.21. The van der Waals surface area contributed by atoms with Crippen LogP contribution in [0.2, 0.25) is 0 Å². The number of hydrogen-bond donors (Lipinski definition) is 1. The van der Waals surface area contributed by atoms with E-state index < -0.39 is 5.97 Å². The van der Waals surface area contributed by atoms with Crippen molar-refractivity contribution >= 4 is 16.9 Å². The highest BCUT2D eigenvalue weighted by Crippen LogP contribution is 2.22. The molecule has 0 aliphatic heterocycles. The van der Waals surface area contributed by atoms with Crippen molar-refractivity contribution in [2.24, 2.45) is 0 Å². The second kappa shape index (κ2) is 5.36. The molecule has 0 amide bonds.